The third-order valence-electron chi connectivity index (χ3n) is 6.34. The van der Waals surface area contributed by atoms with Gasteiger partial charge in [0.25, 0.3) is 0 Å². The molecule has 0 saturated heterocycles. The second kappa shape index (κ2) is 23.4. The standard InChI is InChI=1S/C10H13F3N2O.C10H9F3N2O.C6H3ClN2.C6H3FN2.C5H3Cl2N/c2*1-9(2,10(11,12)13)16-8-4-3-7(5-14)15-6-8;2*7-5-1-2-6(3-8)9-4-5;6-4-1-2-5(7)8-3-4/h3-4,6H,5,14H2,1-2H3;3-4,6H,1-2H3;2*1-2,4H;1-3H. The fourth-order valence-electron chi connectivity index (χ4n) is 3.05. The van der Waals surface area contributed by atoms with Gasteiger partial charge in [-0.05, 0) is 88.4 Å². The number of hydrogen-bond donors (Lipinski definition) is 1. The maximum Gasteiger partial charge on any atom is 0.427 e. The number of aromatic nitrogens is 5. The zero-order valence-corrected chi connectivity index (χ0v) is 32.9. The van der Waals surface area contributed by atoms with Crippen molar-refractivity contribution in [3.05, 3.63) is 135 Å². The van der Waals surface area contributed by atoms with Crippen molar-refractivity contribution in [2.45, 2.75) is 57.8 Å². The van der Waals surface area contributed by atoms with Crippen LogP contribution < -0.4 is 15.2 Å². The molecule has 5 aromatic rings. The highest BCUT2D eigenvalue weighted by Gasteiger charge is 2.50. The van der Waals surface area contributed by atoms with E-state index in [0.29, 0.717) is 26.6 Å². The molecule has 2 N–H and O–H groups in total. The Morgan fingerprint density at radius 3 is 1.24 bits per heavy atom. The van der Waals surface area contributed by atoms with Crippen LogP contribution in [0.3, 0.4) is 0 Å². The van der Waals surface area contributed by atoms with Gasteiger partial charge in [-0.15, -0.1) is 0 Å². The minimum Gasteiger partial charge on any atom is -0.477 e. The molecule has 11 nitrogen and oxygen atoms in total. The molecule has 0 radical (unpaired) electrons. The highest BCUT2D eigenvalue weighted by atomic mass is 35.5. The largest absolute Gasteiger partial charge is 0.477 e. The lowest BCUT2D eigenvalue weighted by molar-refractivity contribution is -0.234. The minimum atomic E-state index is -4.47. The lowest BCUT2D eigenvalue weighted by atomic mass is 10.1. The molecule has 5 aromatic heterocycles. The van der Waals surface area contributed by atoms with E-state index < -0.39 is 29.4 Å². The molecular formula is C37H31Cl3F7N9O2. The van der Waals surface area contributed by atoms with Crippen LogP contribution in [0.4, 0.5) is 30.7 Å². The predicted molar refractivity (Wildman–Crippen MR) is 200 cm³/mol. The van der Waals surface area contributed by atoms with Crippen molar-refractivity contribution >= 4 is 34.8 Å². The predicted octanol–water partition coefficient (Wildman–Crippen LogP) is 10.0. The average molecular weight is 873 g/mol. The first-order valence-corrected chi connectivity index (χ1v) is 16.9. The molecule has 58 heavy (non-hydrogen) atoms. The van der Waals surface area contributed by atoms with Gasteiger partial charge in [0.2, 0.25) is 0 Å². The van der Waals surface area contributed by atoms with Crippen molar-refractivity contribution in [2.24, 2.45) is 5.73 Å². The summed E-state index contributed by atoms with van der Waals surface area (Å²) < 4.78 is 96.6. The molecule has 0 aliphatic heterocycles. The molecule has 0 saturated carbocycles. The van der Waals surface area contributed by atoms with E-state index in [0.717, 1.165) is 40.1 Å². The fourth-order valence-corrected chi connectivity index (χ4v) is 3.38. The van der Waals surface area contributed by atoms with Gasteiger partial charge in [0, 0.05) is 18.9 Å². The maximum absolute atomic E-state index is 12.5. The summed E-state index contributed by atoms with van der Waals surface area (Å²) in [6, 6.07) is 20.0. The van der Waals surface area contributed by atoms with Gasteiger partial charge in [0.05, 0.1) is 34.3 Å². The molecule has 0 bridgehead atoms. The zero-order valence-electron chi connectivity index (χ0n) is 30.6. The van der Waals surface area contributed by atoms with Crippen LogP contribution in [0.1, 0.15) is 50.5 Å². The summed E-state index contributed by atoms with van der Waals surface area (Å²) in [4.78, 5) is 18.3. The van der Waals surface area contributed by atoms with Crippen molar-refractivity contribution in [3.8, 4) is 29.7 Å². The van der Waals surface area contributed by atoms with Gasteiger partial charge in [-0.2, -0.15) is 42.1 Å². The highest BCUT2D eigenvalue weighted by molar-refractivity contribution is 6.32. The minimum absolute atomic E-state index is 0.0266. The Morgan fingerprint density at radius 2 is 0.948 bits per heavy atom. The van der Waals surface area contributed by atoms with Crippen molar-refractivity contribution in [2.75, 3.05) is 0 Å². The normalized spacial score (nSPS) is 10.7. The summed E-state index contributed by atoms with van der Waals surface area (Å²) in [6.07, 6.45) is -2.62. The third-order valence-corrected chi connectivity index (χ3v) is 7.01. The first-order chi connectivity index (χ1) is 27.0. The van der Waals surface area contributed by atoms with Gasteiger partial charge in [0.15, 0.2) is 11.2 Å². The van der Waals surface area contributed by atoms with E-state index >= 15 is 0 Å². The molecule has 0 amide bonds. The monoisotopic (exact) mass is 871 g/mol. The Bertz CT molecular complexity index is 2030. The number of ether oxygens (including phenoxy) is 2. The van der Waals surface area contributed by atoms with Crippen LogP contribution in [0.25, 0.3) is 0 Å². The van der Waals surface area contributed by atoms with Gasteiger partial charge >= 0.3 is 12.4 Å². The van der Waals surface area contributed by atoms with E-state index in [1.165, 1.54) is 55.0 Å². The quantitative estimate of drug-likeness (QED) is 0.131. The summed E-state index contributed by atoms with van der Waals surface area (Å²) in [6.45, 7) is 4.01. The van der Waals surface area contributed by atoms with Crippen LogP contribution in [0.5, 0.6) is 11.5 Å². The highest BCUT2D eigenvalue weighted by Crippen LogP contribution is 2.35. The zero-order chi connectivity index (χ0) is 44.2. The summed E-state index contributed by atoms with van der Waals surface area (Å²) >= 11 is 16.4. The molecule has 0 atom stereocenters. The Hall–Kier alpha value is -5.84. The molecule has 0 aliphatic rings. The SMILES string of the molecule is CC(C)(Oc1ccc(C#N)nc1)C(F)(F)F.CC(C)(Oc1ccc(CN)nc1)C(F)(F)F.Clc1ccc(Cl)nc1.N#Cc1ccc(Cl)cn1.N#Cc1ccc(F)cn1. The van der Waals surface area contributed by atoms with Crippen LogP contribution >= 0.6 is 34.8 Å². The Kier molecular flexibility index (Phi) is 20.2. The van der Waals surface area contributed by atoms with E-state index in [2.05, 4.69) is 24.9 Å². The van der Waals surface area contributed by atoms with E-state index in [1.54, 1.807) is 36.4 Å². The average Bonchev–Trinajstić information content (AvgIpc) is 3.17. The van der Waals surface area contributed by atoms with Crippen molar-refractivity contribution < 1.29 is 40.2 Å². The molecule has 5 rings (SSSR count). The lowest BCUT2D eigenvalue weighted by Gasteiger charge is -2.28. The second-order valence-electron chi connectivity index (χ2n) is 11.6. The second-order valence-corrected chi connectivity index (χ2v) is 12.9. The van der Waals surface area contributed by atoms with Crippen LogP contribution in [0.2, 0.25) is 15.2 Å². The number of hydrogen-bond acceptors (Lipinski definition) is 11. The molecule has 0 unspecified atom stereocenters. The van der Waals surface area contributed by atoms with Crippen LogP contribution in [-0.2, 0) is 6.54 Å². The lowest BCUT2D eigenvalue weighted by Crippen LogP contribution is -2.44. The molecule has 0 fully saturated rings. The number of rotatable bonds is 5. The van der Waals surface area contributed by atoms with Gasteiger partial charge in [-0.25, -0.2) is 24.3 Å². The number of pyridine rings is 5. The smallest absolute Gasteiger partial charge is 0.427 e. The van der Waals surface area contributed by atoms with Crippen molar-refractivity contribution in [1.82, 2.24) is 24.9 Å². The van der Waals surface area contributed by atoms with E-state index in [1.807, 2.05) is 6.07 Å². The summed E-state index contributed by atoms with van der Waals surface area (Å²) in [7, 11) is 0. The molecule has 0 aliphatic carbocycles. The molecule has 306 valence electrons. The molecule has 21 heteroatoms. The Morgan fingerprint density at radius 1 is 0.552 bits per heavy atom. The number of nitrogens with zero attached hydrogens (tertiary/aromatic N) is 8. The van der Waals surface area contributed by atoms with Gasteiger partial charge in [0.1, 0.15) is 57.8 Å². The summed E-state index contributed by atoms with van der Waals surface area (Å²) in [5, 5.41) is 26.5. The number of alkyl halides is 6. The maximum atomic E-state index is 12.5. The van der Waals surface area contributed by atoms with Crippen LogP contribution in [0.15, 0.2) is 91.6 Å². The number of halogens is 10. The molecular weight excluding hydrogens is 842 g/mol. The molecule has 0 spiro atoms. The summed E-state index contributed by atoms with van der Waals surface area (Å²) in [5.41, 5.74) is 2.13. The van der Waals surface area contributed by atoms with Gasteiger partial charge < -0.3 is 15.2 Å². The number of nitrogens with two attached hydrogens (primary N) is 1. The summed E-state index contributed by atoms with van der Waals surface area (Å²) in [5.74, 6) is -0.380. The van der Waals surface area contributed by atoms with Crippen LogP contribution in [-0.4, -0.2) is 48.5 Å². The third kappa shape index (κ3) is 18.9. The van der Waals surface area contributed by atoms with E-state index in [4.69, 9.17) is 65.8 Å². The first kappa shape index (κ1) is 50.2. The Balaban J connectivity index is 0.000000374. The van der Waals surface area contributed by atoms with E-state index in [9.17, 15) is 30.7 Å². The van der Waals surface area contributed by atoms with Crippen molar-refractivity contribution in [1.29, 1.82) is 15.8 Å². The first-order valence-electron chi connectivity index (χ1n) is 15.8. The Labute approximate surface area is 343 Å². The van der Waals surface area contributed by atoms with Crippen LogP contribution in [0, 0.1) is 39.8 Å². The molecule has 5 heterocycles. The topological polar surface area (TPSA) is 180 Å². The number of nitriles is 3. The fraction of sp³-hybridized carbons (Fsp3) is 0.243. The van der Waals surface area contributed by atoms with Crippen molar-refractivity contribution in [3.63, 3.8) is 0 Å². The van der Waals surface area contributed by atoms with Gasteiger partial charge in [-0.3, -0.25) is 4.98 Å². The van der Waals surface area contributed by atoms with E-state index in [-0.39, 0.29) is 29.4 Å². The molecule has 0 aromatic carbocycles. The van der Waals surface area contributed by atoms with Gasteiger partial charge in [-0.1, -0.05) is 34.8 Å².